The van der Waals surface area contributed by atoms with Crippen LogP contribution in [0.2, 0.25) is 0 Å². The third-order valence-corrected chi connectivity index (χ3v) is 8.15. The number of halogens is 2. The number of carbonyl (C=O) groups is 1. The Bertz CT molecular complexity index is 1850. The molecule has 6 heteroatoms. The Morgan fingerprint density at radius 3 is 2.29 bits per heavy atom. The van der Waals surface area contributed by atoms with E-state index in [-0.39, 0.29) is 23.5 Å². The van der Waals surface area contributed by atoms with Gasteiger partial charge in [-0.1, -0.05) is 72.8 Å². The summed E-state index contributed by atoms with van der Waals surface area (Å²) in [4.78, 5) is 19.5. The zero-order valence-electron chi connectivity index (χ0n) is 22.8. The molecule has 2 atom stereocenters. The first-order valence-corrected chi connectivity index (χ1v) is 14.1. The number of amides is 1. The molecule has 5 aromatic rings. The largest absolute Gasteiger partial charge is 0.275 e. The number of hydrogen-bond acceptors (Lipinski definition) is 3. The Morgan fingerprint density at radius 2 is 1.52 bits per heavy atom. The number of aromatic nitrogens is 1. The Labute approximate surface area is 242 Å². The van der Waals surface area contributed by atoms with Crippen molar-refractivity contribution in [2.75, 3.05) is 0 Å². The molecule has 0 N–H and O–H groups in total. The van der Waals surface area contributed by atoms with Crippen molar-refractivity contribution in [1.82, 2.24) is 9.99 Å². The summed E-state index contributed by atoms with van der Waals surface area (Å²) in [6.07, 6.45) is 4.61. The highest BCUT2D eigenvalue weighted by atomic mass is 19.1. The number of benzene rings is 4. The van der Waals surface area contributed by atoms with Crippen molar-refractivity contribution in [3.8, 4) is 11.3 Å². The minimum atomic E-state index is -0.392. The Kier molecular flexibility index (Phi) is 6.67. The van der Waals surface area contributed by atoms with Crippen LogP contribution in [0.25, 0.3) is 28.2 Å². The van der Waals surface area contributed by atoms with E-state index in [1.807, 2.05) is 66.7 Å². The average Bonchev–Trinajstić information content (AvgIpc) is 3.43. The lowest BCUT2D eigenvalue weighted by molar-refractivity contribution is 0.0683. The van der Waals surface area contributed by atoms with E-state index in [0.717, 1.165) is 58.1 Å². The highest BCUT2D eigenvalue weighted by Gasteiger charge is 2.44. The molecule has 1 saturated carbocycles. The maximum Gasteiger partial charge on any atom is 0.275 e. The summed E-state index contributed by atoms with van der Waals surface area (Å²) in [5.74, 6) is -0.905. The SMILES string of the molecule is O=C(c1cc(-c2ccccc2)nc2ccccc12)N1N=C2C(=Cc3ccc(F)cc3)CCCC2C1c1ccc(F)cc1. The number of para-hydroxylation sites is 1. The molecule has 4 aromatic carbocycles. The molecule has 4 nitrogen and oxygen atoms in total. The quantitative estimate of drug-likeness (QED) is 0.223. The zero-order valence-corrected chi connectivity index (χ0v) is 22.8. The van der Waals surface area contributed by atoms with Crippen LogP contribution in [0.5, 0.6) is 0 Å². The monoisotopic (exact) mass is 555 g/mol. The lowest BCUT2D eigenvalue weighted by atomic mass is 9.77. The van der Waals surface area contributed by atoms with E-state index in [9.17, 15) is 13.6 Å². The van der Waals surface area contributed by atoms with Gasteiger partial charge in [0, 0.05) is 16.9 Å². The molecule has 0 radical (unpaired) electrons. The molecule has 1 fully saturated rings. The van der Waals surface area contributed by atoms with E-state index in [1.54, 1.807) is 29.3 Å². The topological polar surface area (TPSA) is 45.6 Å². The van der Waals surface area contributed by atoms with Crippen molar-refractivity contribution in [2.24, 2.45) is 11.0 Å². The van der Waals surface area contributed by atoms with E-state index in [1.165, 1.54) is 24.3 Å². The van der Waals surface area contributed by atoms with Gasteiger partial charge in [0.15, 0.2) is 0 Å². The van der Waals surface area contributed by atoms with E-state index in [0.29, 0.717) is 11.3 Å². The van der Waals surface area contributed by atoms with Crippen LogP contribution in [0.4, 0.5) is 8.78 Å². The summed E-state index contributed by atoms with van der Waals surface area (Å²) < 4.78 is 27.6. The van der Waals surface area contributed by atoms with Crippen LogP contribution < -0.4 is 0 Å². The number of rotatable bonds is 4. The van der Waals surface area contributed by atoms with Crippen molar-refractivity contribution in [3.63, 3.8) is 0 Å². The number of allylic oxidation sites excluding steroid dienone is 1. The molecular formula is C36H27F2N3O. The molecule has 2 heterocycles. The van der Waals surface area contributed by atoms with Crippen LogP contribution in [-0.2, 0) is 0 Å². The fraction of sp³-hybridized carbons (Fsp3) is 0.139. The maximum atomic E-state index is 14.6. The number of nitrogens with zero attached hydrogens (tertiary/aromatic N) is 3. The normalized spacial score (nSPS) is 19.1. The number of pyridine rings is 1. The van der Waals surface area contributed by atoms with Crippen LogP contribution in [0, 0.1) is 17.6 Å². The van der Waals surface area contributed by atoms with E-state index in [4.69, 9.17) is 10.1 Å². The molecule has 2 unspecified atom stereocenters. The Hall–Kier alpha value is -4.97. The minimum Gasteiger partial charge on any atom is -0.267 e. The Balaban J connectivity index is 1.37. The molecule has 0 bridgehead atoms. The molecule has 1 aliphatic heterocycles. The highest BCUT2D eigenvalue weighted by Crippen LogP contribution is 2.45. The molecule has 1 aliphatic carbocycles. The summed E-state index contributed by atoms with van der Waals surface area (Å²) in [6, 6.07) is 31.6. The number of hydrogen-bond donors (Lipinski definition) is 0. The van der Waals surface area contributed by atoms with Gasteiger partial charge in [0.2, 0.25) is 0 Å². The minimum absolute atomic E-state index is 0.0541. The zero-order chi connectivity index (χ0) is 28.6. The molecule has 42 heavy (non-hydrogen) atoms. The van der Waals surface area contributed by atoms with Gasteiger partial charge in [-0.3, -0.25) is 4.79 Å². The summed E-state index contributed by atoms with van der Waals surface area (Å²) in [7, 11) is 0. The number of fused-ring (bicyclic) bond motifs is 2. The van der Waals surface area contributed by atoms with Gasteiger partial charge < -0.3 is 0 Å². The van der Waals surface area contributed by atoms with Crippen molar-refractivity contribution in [1.29, 1.82) is 0 Å². The fourth-order valence-corrected chi connectivity index (χ4v) is 6.15. The highest BCUT2D eigenvalue weighted by molar-refractivity contribution is 6.12. The van der Waals surface area contributed by atoms with Gasteiger partial charge in [0.1, 0.15) is 11.6 Å². The molecule has 7 rings (SSSR count). The second-order valence-electron chi connectivity index (χ2n) is 10.8. The fourth-order valence-electron chi connectivity index (χ4n) is 6.15. The maximum absolute atomic E-state index is 14.6. The summed E-state index contributed by atoms with van der Waals surface area (Å²) >= 11 is 0. The molecule has 0 spiro atoms. The lowest BCUT2D eigenvalue weighted by Gasteiger charge is -2.30. The van der Waals surface area contributed by atoms with Gasteiger partial charge >= 0.3 is 0 Å². The van der Waals surface area contributed by atoms with Crippen LogP contribution in [0.3, 0.4) is 0 Å². The van der Waals surface area contributed by atoms with Crippen molar-refractivity contribution in [3.05, 3.63) is 143 Å². The average molecular weight is 556 g/mol. The van der Waals surface area contributed by atoms with Crippen LogP contribution in [0.15, 0.2) is 120 Å². The standard InChI is InChI=1S/C36H27F2N3O/c37-27-17-13-23(14-18-27)21-26-9-6-11-30-34(26)40-41(35(30)25-15-19-28(38)20-16-25)36(42)31-22-33(24-7-2-1-3-8-24)39-32-12-5-4-10-29(31)32/h1-5,7-8,10,12-22,30,35H,6,9,11H2. The molecule has 0 saturated heterocycles. The van der Waals surface area contributed by atoms with Crippen molar-refractivity contribution >= 4 is 28.6 Å². The third-order valence-electron chi connectivity index (χ3n) is 8.15. The van der Waals surface area contributed by atoms with E-state index < -0.39 is 6.04 Å². The molecule has 2 aliphatic rings. The van der Waals surface area contributed by atoms with Gasteiger partial charge in [0.25, 0.3) is 5.91 Å². The summed E-state index contributed by atoms with van der Waals surface area (Å²) in [5.41, 5.74) is 6.46. The number of carbonyl (C=O) groups excluding carboxylic acids is 1. The molecule has 1 aromatic heterocycles. The Morgan fingerprint density at radius 1 is 0.833 bits per heavy atom. The third kappa shape index (κ3) is 4.79. The van der Waals surface area contributed by atoms with Crippen LogP contribution >= 0.6 is 0 Å². The molecule has 1 amide bonds. The molecular weight excluding hydrogens is 528 g/mol. The second kappa shape index (κ2) is 10.8. The number of hydrazone groups is 1. The smallest absolute Gasteiger partial charge is 0.267 e. The first kappa shape index (κ1) is 26.0. The van der Waals surface area contributed by atoms with Crippen LogP contribution in [0.1, 0.15) is 46.8 Å². The van der Waals surface area contributed by atoms with E-state index in [2.05, 4.69) is 0 Å². The molecule has 206 valence electrons. The van der Waals surface area contributed by atoms with Crippen LogP contribution in [-0.4, -0.2) is 21.6 Å². The summed E-state index contributed by atoms with van der Waals surface area (Å²) in [5, 5.41) is 7.35. The predicted molar refractivity (Wildman–Crippen MR) is 162 cm³/mol. The van der Waals surface area contributed by atoms with Gasteiger partial charge in [-0.15, -0.1) is 0 Å². The van der Waals surface area contributed by atoms with Crippen molar-refractivity contribution < 1.29 is 13.6 Å². The van der Waals surface area contributed by atoms with Gasteiger partial charge in [0.05, 0.1) is 28.5 Å². The van der Waals surface area contributed by atoms with Gasteiger partial charge in [-0.2, -0.15) is 5.10 Å². The second-order valence-corrected chi connectivity index (χ2v) is 10.8. The van der Waals surface area contributed by atoms with E-state index >= 15 is 0 Å². The predicted octanol–water partition coefficient (Wildman–Crippen LogP) is 8.62. The lowest BCUT2D eigenvalue weighted by Crippen LogP contribution is -2.32. The van der Waals surface area contributed by atoms with Gasteiger partial charge in [-0.25, -0.2) is 18.8 Å². The first-order chi connectivity index (χ1) is 20.5. The first-order valence-electron chi connectivity index (χ1n) is 14.1. The van der Waals surface area contributed by atoms with Gasteiger partial charge in [-0.05, 0) is 78.4 Å². The summed E-state index contributed by atoms with van der Waals surface area (Å²) in [6.45, 7) is 0. The van der Waals surface area contributed by atoms with Crippen molar-refractivity contribution in [2.45, 2.75) is 25.3 Å².